The van der Waals surface area contributed by atoms with Crippen LogP contribution in [0.1, 0.15) is 5.56 Å². The van der Waals surface area contributed by atoms with Crippen LogP contribution in [0, 0.1) is 10.2 Å². The molecule has 1 aromatic carbocycles. The van der Waals surface area contributed by atoms with Gasteiger partial charge >= 0.3 is 0 Å². The Kier molecular flexibility index (Phi) is 9.11. The molecule has 0 aliphatic heterocycles. The molecule has 0 radical (unpaired) electrons. The number of hydrogen-bond acceptors (Lipinski definition) is 6. The summed E-state index contributed by atoms with van der Waals surface area (Å²) in [5.41, 5.74) is 1.25. The second-order valence-corrected chi connectivity index (χ2v) is 5.28. The Morgan fingerprint density at radius 1 is 1.37 bits per heavy atom. The van der Waals surface area contributed by atoms with Gasteiger partial charge in [0.2, 0.25) is 0 Å². The van der Waals surface area contributed by atoms with E-state index in [1.807, 2.05) is 31.3 Å². The molecule has 0 amide bonds. The van der Waals surface area contributed by atoms with Gasteiger partial charge in [-0.3, -0.25) is 4.99 Å². The summed E-state index contributed by atoms with van der Waals surface area (Å²) in [6.07, 6.45) is 0. The first-order valence-electron chi connectivity index (χ1n) is 4.91. The molecule has 0 aromatic heterocycles. The molecule has 0 atom stereocenters. The maximum atomic E-state index is 8.60. The van der Waals surface area contributed by atoms with Crippen molar-refractivity contribution in [3.63, 3.8) is 0 Å². The lowest BCUT2D eigenvalue weighted by atomic mass is 10.2. The predicted octanol–water partition coefficient (Wildman–Crippen LogP) is -1.35. The average molecular weight is 329 g/mol. The standard InChI is InChI=1S/C10H13ClN2S.ClHO4/c1-12-10(13-2)14-7-8-3-5-9(11)6-4-8;2-1(3,4)5/h3-6H,7H2,1-2H3,(H,12,13);(H,2,3,4,5). The van der Waals surface area contributed by atoms with E-state index in [1.54, 1.807) is 18.8 Å². The molecule has 0 saturated carbocycles. The molecule has 0 aliphatic rings. The number of rotatable bonds is 2. The molecule has 108 valence electrons. The van der Waals surface area contributed by atoms with Crippen LogP contribution in [0.3, 0.4) is 0 Å². The van der Waals surface area contributed by atoms with E-state index in [1.165, 1.54) is 5.56 Å². The fourth-order valence-corrected chi connectivity index (χ4v) is 1.88. The van der Waals surface area contributed by atoms with Gasteiger partial charge in [0.25, 0.3) is 0 Å². The minimum absolute atomic E-state index is 0.775. The summed E-state index contributed by atoms with van der Waals surface area (Å²) in [4.78, 5) is 4.08. The second kappa shape index (κ2) is 9.38. The van der Waals surface area contributed by atoms with E-state index in [-0.39, 0.29) is 0 Å². The number of nitrogens with zero attached hydrogens (tertiary/aromatic N) is 1. The third kappa shape index (κ3) is 12.2. The zero-order chi connectivity index (χ0) is 14.9. The van der Waals surface area contributed by atoms with Gasteiger partial charge in [0.15, 0.2) is 5.17 Å². The third-order valence-corrected chi connectivity index (χ3v) is 3.10. The number of thioether (sulfide) groups is 1. The van der Waals surface area contributed by atoms with Crippen molar-refractivity contribution in [2.45, 2.75) is 5.75 Å². The maximum Gasteiger partial charge on any atom is 0.156 e. The predicted molar refractivity (Wildman–Crippen MR) is 67.4 cm³/mol. The Balaban J connectivity index is 0.000000555. The van der Waals surface area contributed by atoms with Gasteiger partial charge in [-0.2, -0.15) is 14.0 Å². The summed E-state index contributed by atoms with van der Waals surface area (Å²) in [7, 11) is -1.04. The van der Waals surface area contributed by atoms with E-state index in [9.17, 15) is 0 Å². The summed E-state index contributed by atoms with van der Waals surface area (Å²) < 4.78 is 32.7. The van der Waals surface area contributed by atoms with E-state index >= 15 is 0 Å². The van der Waals surface area contributed by atoms with E-state index in [0.29, 0.717) is 0 Å². The molecule has 0 aliphatic carbocycles. The smallest absolute Gasteiger partial charge is 0.156 e. The van der Waals surface area contributed by atoms with Crippen LogP contribution in [-0.2, 0) is 5.75 Å². The van der Waals surface area contributed by atoms with E-state index in [0.717, 1.165) is 15.9 Å². The zero-order valence-corrected chi connectivity index (χ0v) is 12.6. The molecular weight excluding hydrogens is 315 g/mol. The maximum absolute atomic E-state index is 8.60. The number of hydrogen-bond donors (Lipinski definition) is 2. The van der Waals surface area contributed by atoms with Crippen molar-refractivity contribution < 1.29 is 28.9 Å². The normalized spacial score (nSPS) is 11.6. The van der Waals surface area contributed by atoms with Crippen LogP contribution < -0.4 is 19.3 Å². The van der Waals surface area contributed by atoms with Crippen molar-refractivity contribution in [2.75, 3.05) is 14.1 Å². The van der Waals surface area contributed by atoms with E-state index in [4.69, 9.17) is 30.2 Å². The Hall–Kier alpha value is -0.540. The fraction of sp³-hybridized carbons (Fsp3) is 0.300. The van der Waals surface area contributed by atoms with Crippen molar-refractivity contribution >= 4 is 28.5 Å². The number of nitrogens with one attached hydrogen (secondary N) is 1. The SMILES string of the molecule is CN=C(NC)SCc1ccc(Cl)cc1.[O-][Cl+3]([O-])([O-])O. The Bertz CT molecular complexity index is 390. The summed E-state index contributed by atoms with van der Waals surface area (Å²) in [6, 6.07) is 7.86. The second-order valence-electron chi connectivity index (χ2n) is 3.09. The van der Waals surface area contributed by atoms with Gasteiger partial charge in [0.05, 0.1) is 14.9 Å². The van der Waals surface area contributed by atoms with Crippen LogP contribution in [0.25, 0.3) is 0 Å². The highest BCUT2D eigenvalue weighted by atomic mass is 35.7. The molecule has 6 nitrogen and oxygen atoms in total. The van der Waals surface area contributed by atoms with Crippen molar-refractivity contribution in [2.24, 2.45) is 4.99 Å². The Morgan fingerprint density at radius 3 is 2.21 bits per heavy atom. The highest BCUT2D eigenvalue weighted by Crippen LogP contribution is 2.15. The summed E-state index contributed by atoms with van der Waals surface area (Å²) in [5, 5.41) is 4.74. The Labute approximate surface area is 122 Å². The summed E-state index contributed by atoms with van der Waals surface area (Å²) in [6.45, 7) is 0. The lowest BCUT2D eigenvalue weighted by molar-refractivity contribution is -1.92. The van der Waals surface area contributed by atoms with Gasteiger partial charge in [-0.25, -0.2) is 0 Å². The fourth-order valence-electron chi connectivity index (χ4n) is 0.981. The van der Waals surface area contributed by atoms with Gasteiger partial charge in [0, 0.05) is 24.9 Å². The van der Waals surface area contributed by atoms with Crippen molar-refractivity contribution in [3.05, 3.63) is 34.9 Å². The molecule has 0 spiro atoms. The summed E-state index contributed by atoms with van der Waals surface area (Å²) >= 11 is 7.46. The molecule has 2 N–H and O–H groups in total. The molecule has 19 heavy (non-hydrogen) atoms. The highest BCUT2D eigenvalue weighted by molar-refractivity contribution is 8.13. The monoisotopic (exact) mass is 328 g/mol. The Morgan fingerprint density at radius 2 is 1.84 bits per heavy atom. The lowest BCUT2D eigenvalue weighted by Gasteiger charge is -2.04. The molecular formula is C10H14Cl2N2O4S. The van der Waals surface area contributed by atoms with Gasteiger partial charge in [-0.15, -0.1) is 0 Å². The largest absolute Gasteiger partial charge is 0.368 e. The number of amidine groups is 1. The van der Waals surface area contributed by atoms with Crippen LogP contribution >= 0.6 is 23.4 Å². The van der Waals surface area contributed by atoms with Crippen molar-refractivity contribution in [1.82, 2.24) is 5.32 Å². The van der Waals surface area contributed by atoms with Crippen LogP contribution in [0.15, 0.2) is 29.3 Å². The highest BCUT2D eigenvalue weighted by Gasteiger charge is 1.99. The number of halogens is 2. The number of benzene rings is 1. The number of aliphatic imine (C=N–C) groups is 1. The third-order valence-electron chi connectivity index (χ3n) is 1.71. The van der Waals surface area contributed by atoms with Gasteiger partial charge in [-0.1, -0.05) is 35.5 Å². The summed E-state index contributed by atoms with van der Waals surface area (Å²) in [5.74, 6) is 0.907. The van der Waals surface area contributed by atoms with Crippen LogP contribution in [0.5, 0.6) is 0 Å². The van der Waals surface area contributed by atoms with E-state index in [2.05, 4.69) is 10.3 Å². The molecule has 1 rings (SSSR count). The molecule has 0 bridgehead atoms. The van der Waals surface area contributed by atoms with E-state index < -0.39 is 10.2 Å². The van der Waals surface area contributed by atoms with Gasteiger partial charge in [-0.05, 0) is 17.7 Å². The quantitative estimate of drug-likeness (QED) is 0.512. The topological polar surface area (TPSA) is 114 Å². The van der Waals surface area contributed by atoms with Gasteiger partial charge in [0.1, 0.15) is 0 Å². The van der Waals surface area contributed by atoms with Crippen LogP contribution in [-0.4, -0.2) is 23.9 Å². The van der Waals surface area contributed by atoms with Crippen molar-refractivity contribution in [1.29, 1.82) is 0 Å². The molecule has 0 saturated heterocycles. The molecule has 0 unspecified atom stereocenters. The first-order chi connectivity index (χ1) is 8.76. The van der Waals surface area contributed by atoms with Crippen LogP contribution in [0.4, 0.5) is 0 Å². The van der Waals surface area contributed by atoms with Gasteiger partial charge < -0.3 is 5.32 Å². The van der Waals surface area contributed by atoms with Crippen molar-refractivity contribution in [3.8, 4) is 0 Å². The molecule has 1 aromatic rings. The molecule has 0 heterocycles. The first-order valence-corrected chi connectivity index (χ1v) is 7.54. The minimum atomic E-state index is -4.69. The zero-order valence-electron chi connectivity index (χ0n) is 10.3. The average Bonchev–Trinajstić information content (AvgIpc) is 2.30. The molecule has 9 heteroatoms. The first kappa shape index (κ1) is 18.5. The lowest BCUT2D eigenvalue weighted by Crippen LogP contribution is -2.58. The minimum Gasteiger partial charge on any atom is -0.368 e. The van der Waals surface area contributed by atoms with Crippen LogP contribution in [0.2, 0.25) is 5.02 Å². The molecule has 0 fully saturated rings.